The number of alkyl halides is 3. The highest BCUT2D eigenvalue weighted by atomic mass is 35.5. The van der Waals surface area contributed by atoms with Crippen molar-refractivity contribution in [2.24, 2.45) is 0 Å². The number of pyridine rings is 1. The van der Waals surface area contributed by atoms with Crippen LogP contribution in [0.5, 0.6) is 0 Å². The molecule has 72 valence electrons. The Kier molecular flexibility index (Phi) is 3.57. The fourth-order valence-electron chi connectivity index (χ4n) is 0.946. The molecule has 0 saturated carbocycles. The summed E-state index contributed by atoms with van der Waals surface area (Å²) in [4.78, 5) is 3.74. The number of nitrogens with zero attached hydrogens (tertiary/aromatic N) is 1. The lowest BCUT2D eigenvalue weighted by atomic mass is 10.1. The first kappa shape index (κ1) is 10.3. The molecule has 1 aromatic heterocycles. The van der Waals surface area contributed by atoms with E-state index in [0.29, 0.717) is 5.56 Å². The lowest BCUT2D eigenvalue weighted by Crippen LogP contribution is -1.98. The number of aromatic nitrogens is 1. The molecule has 2 nitrogen and oxygen atoms in total. The van der Waals surface area contributed by atoms with Gasteiger partial charge in [-0.1, -0.05) is 0 Å². The SMILES string of the molecule is OCc1cc(C(F)F)c(CCl)cn1. The molecule has 1 aromatic rings. The van der Waals surface area contributed by atoms with Gasteiger partial charge in [-0.05, 0) is 11.6 Å². The summed E-state index contributed by atoms with van der Waals surface area (Å²) in [5, 5.41) is 8.67. The average Bonchev–Trinajstić information content (AvgIpc) is 2.16. The van der Waals surface area contributed by atoms with Crippen LogP contribution >= 0.6 is 11.6 Å². The van der Waals surface area contributed by atoms with Crippen molar-refractivity contribution in [3.63, 3.8) is 0 Å². The first-order valence-corrected chi connectivity index (χ1v) is 4.15. The normalized spacial score (nSPS) is 10.8. The Morgan fingerprint density at radius 2 is 2.23 bits per heavy atom. The number of aliphatic hydroxyl groups is 1. The van der Waals surface area contributed by atoms with Gasteiger partial charge in [-0.15, -0.1) is 11.6 Å². The van der Waals surface area contributed by atoms with E-state index in [1.54, 1.807) is 0 Å². The topological polar surface area (TPSA) is 33.1 Å². The van der Waals surface area contributed by atoms with E-state index in [-0.39, 0.29) is 23.7 Å². The van der Waals surface area contributed by atoms with E-state index in [9.17, 15) is 8.78 Å². The molecule has 1 rings (SSSR count). The van der Waals surface area contributed by atoms with Gasteiger partial charge >= 0.3 is 0 Å². The molecule has 1 heterocycles. The van der Waals surface area contributed by atoms with Gasteiger partial charge in [0.25, 0.3) is 6.43 Å². The Bertz CT molecular complexity index is 293. The summed E-state index contributed by atoms with van der Waals surface area (Å²) in [6.45, 7) is -0.345. The molecular formula is C8H8ClF2NO. The van der Waals surface area contributed by atoms with Gasteiger partial charge in [-0.2, -0.15) is 0 Å². The van der Waals surface area contributed by atoms with E-state index in [1.807, 2.05) is 0 Å². The zero-order valence-electron chi connectivity index (χ0n) is 6.67. The summed E-state index contributed by atoms with van der Waals surface area (Å²) in [6.07, 6.45) is -1.32. The van der Waals surface area contributed by atoms with Gasteiger partial charge in [-0.25, -0.2) is 8.78 Å². The Labute approximate surface area is 79.2 Å². The van der Waals surface area contributed by atoms with Crippen LogP contribution in [0.1, 0.15) is 23.2 Å². The van der Waals surface area contributed by atoms with E-state index in [1.165, 1.54) is 12.3 Å². The van der Waals surface area contributed by atoms with Gasteiger partial charge in [0, 0.05) is 17.6 Å². The molecule has 0 aliphatic rings. The standard InChI is InChI=1S/C8H8ClF2NO/c9-2-5-3-12-6(4-13)1-7(5)8(10)11/h1,3,8,13H,2,4H2. The largest absolute Gasteiger partial charge is 0.390 e. The molecule has 0 saturated heterocycles. The summed E-state index contributed by atoms with van der Waals surface area (Å²) >= 11 is 5.44. The van der Waals surface area contributed by atoms with Crippen molar-refractivity contribution in [2.75, 3.05) is 0 Å². The van der Waals surface area contributed by atoms with Crippen LogP contribution in [0.3, 0.4) is 0 Å². The minimum Gasteiger partial charge on any atom is -0.390 e. The van der Waals surface area contributed by atoms with Crippen molar-refractivity contribution in [3.05, 3.63) is 29.1 Å². The molecule has 0 atom stereocenters. The first-order valence-electron chi connectivity index (χ1n) is 3.61. The van der Waals surface area contributed by atoms with Gasteiger partial charge in [0.1, 0.15) is 0 Å². The van der Waals surface area contributed by atoms with Crippen molar-refractivity contribution >= 4 is 11.6 Å². The van der Waals surface area contributed by atoms with Crippen LogP contribution in [0.4, 0.5) is 8.78 Å². The second-order valence-electron chi connectivity index (χ2n) is 2.47. The number of aliphatic hydroxyl groups excluding tert-OH is 1. The highest BCUT2D eigenvalue weighted by Crippen LogP contribution is 2.24. The van der Waals surface area contributed by atoms with Crippen LogP contribution in [0.25, 0.3) is 0 Å². The van der Waals surface area contributed by atoms with Crippen LogP contribution in [0.2, 0.25) is 0 Å². The second kappa shape index (κ2) is 4.48. The maximum Gasteiger partial charge on any atom is 0.264 e. The van der Waals surface area contributed by atoms with E-state index in [0.717, 1.165) is 0 Å². The van der Waals surface area contributed by atoms with Crippen LogP contribution in [0.15, 0.2) is 12.3 Å². The number of hydrogen-bond acceptors (Lipinski definition) is 2. The van der Waals surface area contributed by atoms with E-state index >= 15 is 0 Å². The third-order valence-corrected chi connectivity index (χ3v) is 1.91. The van der Waals surface area contributed by atoms with Crippen molar-refractivity contribution in [3.8, 4) is 0 Å². The van der Waals surface area contributed by atoms with Gasteiger partial charge in [0.15, 0.2) is 0 Å². The smallest absolute Gasteiger partial charge is 0.264 e. The third kappa shape index (κ3) is 2.35. The fourth-order valence-corrected chi connectivity index (χ4v) is 1.17. The highest BCUT2D eigenvalue weighted by Gasteiger charge is 2.13. The molecule has 0 aliphatic heterocycles. The van der Waals surface area contributed by atoms with Crippen molar-refractivity contribution in [1.29, 1.82) is 0 Å². The second-order valence-corrected chi connectivity index (χ2v) is 2.73. The number of hydrogen-bond donors (Lipinski definition) is 1. The monoisotopic (exact) mass is 207 g/mol. The summed E-state index contributed by atoms with van der Waals surface area (Å²) in [5.74, 6) is -0.00161. The molecule has 0 aliphatic carbocycles. The maximum atomic E-state index is 12.4. The Balaban J connectivity index is 3.10. The van der Waals surface area contributed by atoms with Crippen LogP contribution in [0, 0.1) is 0 Å². The minimum atomic E-state index is -2.58. The van der Waals surface area contributed by atoms with Crippen molar-refractivity contribution in [1.82, 2.24) is 4.98 Å². The molecule has 0 bridgehead atoms. The molecule has 0 unspecified atom stereocenters. The quantitative estimate of drug-likeness (QED) is 0.772. The zero-order chi connectivity index (χ0) is 9.84. The van der Waals surface area contributed by atoms with Crippen LogP contribution in [-0.2, 0) is 12.5 Å². The molecule has 5 heteroatoms. The predicted octanol–water partition coefficient (Wildman–Crippen LogP) is 2.25. The number of halogens is 3. The summed E-state index contributed by atoms with van der Waals surface area (Å²) in [6, 6.07) is 1.17. The molecular weight excluding hydrogens is 200 g/mol. The van der Waals surface area contributed by atoms with Gasteiger partial charge in [0.05, 0.1) is 12.3 Å². The Morgan fingerprint density at radius 3 is 2.69 bits per heavy atom. The average molecular weight is 208 g/mol. The molecule has 0 radical (unpaired) electrons. The van der Waals surface area contributed by atoms with E-state index in [2.05, 4.69) is 4.98 Å². The summed E-state index contributed by atoms with van der Waals surface area (Å²) < 4.78 is 24.7. The molecule has 0 amide bonds. The first-order chi connectivity index (χ1) is 6.19. The molecule has 1 N–H and O–H groups in total. The van der Waals surface area contributed by atoms with E-state index in [4.69, 9.17) is 16.7 Å². The minimum absolute atomic E-state index is 0.00161. The predicted molar refractivity (Wildman–Crippen MR) is 44.7 cm³/mol. The van der Waals surface area contributed by atoms with Crippen LogP contribution in [-0.4, -0.2) is 10.1 Å². The molecule has 13 heavy (non-hydrogen) atoms. The van der Waals surface area contributed by atoms with Gasteiger partial charge < -0.3 is 5.11 Å². The summed E-state index contributed by atoms with van der Waals surface area (Å²) in [7, 11) is 0. The highest BCUT2D eigenvalue weighted by molar-refractivity contribution is 6.17. The fraction of sp³-hybridized carbons (Fsp3) is 0.375. The van der Waals surface area contributed by atoms with Gasteiger partial charge in [0.2, 0.25) is 0 Å². The lowest BCUT2D eigenvalue weighted by Gasteiger charge is -2.06. The summed E-state index contributed by atoms with van der Waals surface area (Å²) in [5.41, 5.74) is 0.368. The third-order valence-electron chi connectivity index (χ3n) is 1.62. The Hall–Kier alpha value is -0.740. The molecule has 0 fully saturated rings. The van der Waals surface area contributed by atoms with Crippen molar-refractivity contribution in [2.45, 2.75) is 18.9 Å². The van der Waals surface area contributed by atoms with E-state index < -0.39 is 6.43 Å². The Morgan fingerprint density at radius 1 is 1.54 bits per heavy atom. The van der Waals surface area contributed by atoms with Crippen LogP contribution < -0.4 is 0 Å². The molecule has 0 aromatic carbocycles. The lowest BCUT2D eigenvalue weighted by molar-refractivity contribution is 0.150. The van der Waals surface area contributed by atoms with Gasteiger partial charge in [-0.3, -0.25) is 4.98 Å². The molecule has 0 spiro atoms. The number of rotatable bonds is 3. The van der Waals surface area contributed by atoms with Crippen molar-refractivity contribution < 1.29 is 13.9 Å². The zero-order valence-corrected chi connectivity index (χ0v) is 7.43. The maximum absolute atomic E-state index is 12.4.